The molecule has 0 fully saturated rings. The normalized spacial score (nSPS) is 10.8. The van der Waals surface area contributed by atoms with Crippen LogP contribution in [0.1, 0.15) is 30.6 Å². The van der Waals surface area contributed by atoms with Gasteiger partial charge >= 0.3 is 0 Å². The van der Waals surface area contributed by atoms with Crippen LogP contribution in [0.15, 0.2) is 17.0 Å². The summed E-state index contributed by atoms with van der Waals surface area (Å²) in [7, 11) is 0. The van der Waals surface area contributed by atoms with E-state index in [2.05, 4.69) is 13.8 Å². The van der Waals surface area contributed by atoms with Crippen LogP contribution in [0.3, 0.4) is 0 Å². The minimum atomic E-state index is -0.657. The van der Waals surface area contributed by atoms with Crippen LogP contribution in [0.4, 0.5) is 8.78 Å². The van der Waals surface area contributed by atoms with Crippen LogP contribution < -0.4 is 0 Å². The van der Waals surface area contributed by atoms with E-state index >= 15 is 0 Å². The van der Waals surface area contributed by atoms with Gasteiger partial charge in [0.05, 0.1) is 4.90 Å². The number of halogens is 2. The van der Waals surface area contributed by atoms with Gasteiger partial charge in [0.1, 0.15) is 17.9 Å². The molecule has 0 radical (unpaired) electrons. The van der Waals surface area contributed by atoms with Gasteiger partial charge in [-0.2, -0.15) is 0 Å². The average molecular weight is 244 g/mol. The highest BCUT2D eigenvalue weighted by atomic mass is 32.2. The third-order valence-electron chi connectivity index (χ3n) is 2.10. The largest absolute Gasteiger partial charge is 0.298 e. The second-order valence-corrected chi connectivity index (χ2v) is 5.07. The summed E-state index contributed by atoms with van der Waals surface area (Å²) in [6.07, 6.45) is 1.34. The summed E-state index contributed by atoms with van der Waals surface area (Å²) in [5, 5.41) is 0. The number of hydrogen-bond donors (Lipinski definition) is 0. The molecule has 1 aromatic rings. The third-order valence-corrected chi connectivity index (χ3v) is 3.22. The maximum Gasteiger partial charge on any atom is 0.150 e. The Balaban J connectivity index is 2.76. The van der Waals surface area contributed by atoms with E-state index in [1.54, 1.807) is 0 Å². The van der Waals surface area contributed by atoms with Gasteiger partial charge in [0, 0.05) is 5.56 Å². The first-order valence-electron chi connectivity index (χ1n) is 5.11. The maximum absolute atomic E-state index is 13.4. The molecule has 0 aliphatic rings. The monoisotopic (exact) mass is 244 g/mol. The topological polar surface area (TPSA) is 17.1 Å². The number of rotatable bonds is 5. The Morgan fingerprint density at radius 3 is 2.31 bits per heavy atom. The van der Waals surface area contributed by atoms with Crippen molar-refractivity contribution in [1.82, 2.24) is 0 Å². The fraction of sp³-hybridized carbons (Fsp3) is 0.417. The molecule has 16 heavy (non-hydrogen) atoms. The van der Waals surface area contributed by atoms with Crippen molar-refractivity contribution in [1.29, 1.82) is 0 Å². The van der Waals surface area contributed by atoms with E-state index in [9.17, 15) is 13.6 Å². The molecule has 0 aromatic heterocycles. The van der Waals surface area contributed by atoms with Gasteiger partial charge < -0.3 is 0 Å². The molecule has 0 amide bonds. The summed E-state index contributed by atoms with van der Waals surface area (Å²) in [5.41, 5.74) is 0.0307. The smallest absolute Gasteiger partial charge is 0.150 e. The molecule has 0 atom stereocenters. The first-order valence-corrected chi connectivity index (χ1v) is 6.10. The maximum atomic E-state index is 13.4. The Labute approximate surface area is 98.2 Å². The summed E-state index contributed by atoms with van der Waals surface area (Å²) < 4.78 is 26.8. The van der Waals surface area contributed by atoms with E-state index in [0.717, 1.165) is 30.3 Å². The van der Waals surface area contributed by atoms with Crippen LogP contribution in [-0.2, 0) is 0 Å². The second-order valence-electron chi connectivity index (χ2n) is 3.96. The van der Waals surface area contributed by atoms with Crippen molar-refractivity contribution in [3.05, 3.63) is 29.3 Å². The van der Waals surface area contributed by atoms with Crippen LogP contribution in [-0.4, -0.2) is 12.0 Å². The van der Waals surface area contributed by atoms with Crippen LogP contribution in [0, 0.1) is 17.6 Å². The lowest BCUT2D eigenvalue weighted by Gasteiger charge is -2.07. The highest BCUT2D eigenvalue weighted by Crippen LogP contribution is 2.27. The van der Waals surface area contributed by atoms with Crippen molar-refractivity contribution in [3.63, 3.8) is 0 Å². The molecular formula is C12H14F2OS. The summed E-state index contributed by atoms with van der Waals surface area (Å²) in [6, 6.07) is 2.13. The van der Waals surface area contributed by atoms with Gasteiger partial charge in [0.2, 0.25) is 0 Å². The summed E-state index contributed by atoms with van der Waals surface area (Å²) in [5.74, 6) is -0.133. The van der Waals surface area contributed by atoms with Crippen LogP contribution in [0.5, 0.6) is 0 Å². The molecule has 0 N–H and O–H groups in total. The number of hydrogen-bond acceptors (Lipinski definition) is 2. The van der Waals surface area contributed by atoms with E-state index in [0.29, 0.717) is 18.0 Å². The molecule has 88 valence electrons. The lowest BCUT2D eigenvalue weighted by Crippen LogP contribution is -1.95. The Morgan fingerprint density at radius 2 is 1.88 bits per heavy atom. The fourth-order valence-corrected chi connectivity index (χ4v) is 2.37. The van der Waals surface area contributed by atoms with Crippen molar-refractivity contribution in [2.24, 2.45) is 5.92 Å². The Hall–Kier alpha value is -0.900. The van der Waals surface area contributed by atoms with Gasteiger partial charge in [0.25, 0.3) is 0 Å². The standard InChI is InChI=1S/C12H14F2OS/c1-8(2)3-4-16-12-10(13)5-9(7-15)6-11(12)14/h5-8H,3-4H2,1-2H3. The molecular weight excluding hydrogens is 230 g/mol. The first-order chi connectivity index (χ1) is 7.54. The number of benzene rings is 1. The molecule has 0 aliphatic carbocycles. The molecule has 0 saturated carbocycles. The van der Waals surface area contributed by atoms with Crippen molar-refractivity contribution in [3.8, 4) is 0 Å². The predicted molar refractivity (Wildman–Crippen MR) is 61.9 cm³/mol. The van der Waals surface area contributed by atoms with Gasteiger partial charge in [-0.05, 0) is 30.2 Å². The molecule has 1 aromatic carbocycles. The number of carbonyl (C=O) groups excluding carboxylic acids is 1. The quantitative estimate of drug-likeness (QED) is 0.577. The molecule has 0 unspecified atom stereocenters. The Morgan fingerprint density at radius 1 is 1.31 bits per heavy atom. The summed E-state index contributed by atoms with van der Waals surface area (Å²) >= 11 is 1.16. The van der Waals surface area contributed by atoms with Crippen molar-refractivity contribution < 1.29 is 13.6 Å². The number of thioether (sulfide) groups is 1. The predicted octanol–water partition coefficient (Wildman–Crippen LogP) is 3.92. The van der Waals surface area contributed by atoms with Gasteiger partial charge in [-0.3, -0.25) is 4.79 Å². The minimum absolute atomic E-state index is 0.00579. The highest BCUT2D eigenvalue weighted by Gasteiger charge is 2.11. The minimum Gasteiger partial charge on any atom is -0.298 e. The third kappa shape index (κ3) is 3.59. The van der Waals surface area contributed by atoms with Gasteiger partial charge in [0.15, 0.2) is 0 Å². The van der Waals surface area contributed by atoms with Crippen LogP contribution in [0.25, 0.3) is 0 Å². The molecule has 0 heterocycles. The number of carbonyl (C=O) groups is 1. The lowest BCUT2D eigenvalue weighted by atomic mass is 10.2. The van der Waals surface area contributed by atoms with Crippen LogP contribution >= 0.6 is 11.8 Å². The zero-order chi connectivity index (χ0) is 12.1. The lowest BCUT2D eigenvalue weighted by molar-refractivity contribution is 0.112. The van der Waals surface area contributed by atoms with E-state index in [1.165, 1.54) is 0 Å². The molecule has 1 nitrogen and oxygen atoms in total. The van der Waals surface area contributed by atoms with E-state index in [4.69, 9.17) is 0 Å². The number of aldehydes is 1. The molecule has 0 bridgehead atoms. The van der Waals surface area contributed by atoms with Crippen molar-refractivity contribution in [2.75, 3.05) is 5.75 Å². The fourth-order valence-electron chi connectivity index (χ4n) is 1.18. The zero-order valence-electron chi connectivity index (χ0n) is 9.30. The summed E-state index contributed by atoms with van der Waals surface area (Å²) in [4.78, 5) is 10.4. The molecule has 0 spiro atoms. The van der Waals surface area contributed by atoms with Gasteiger partial charge in [-0.15, -0.1) is 11.8 Å². The van der Waals surface area contributed by atoms with Crippen molar-refractivity contribution in [2.45, 2.75) is 25.2 Å². The molecule has 0 saturated heterocycles. The van der Waals surface area contributed by atoms with E-state index in [1.807, 2.05) is 0 Å². The zero-order valence-corrected chi connectivity index (χ0v) is 10.1. The average Bonchev–Trinajstić information content (AvgIpc) is 2.21. The van der Waals surface area contributed by atoms with Crippen LogP contribution in [0.2, 0.25) is 0 Å². The van der Waals surface area contributed by atoms with Gasteiger partial charge in [-0.25, -0.2) is 8.78 Å². The second kappa shape index (κ2) is 5.99. The van der Waals surface area contributed by atoms with E-state index < -0.39 is 11.6 Å². The van der Waals surface area contributed by atoms with Crippen molar-refractivity contribution >= 4 is 18.0 Å². The van der Waals surface area contributed by atoms with Gasteiger partial charge in [-0.1, -0.05) is 13.8 Å². The highest BCUT2D eigenvalue weighted by molar-refractivity contribution is 7.99. The molecule has 1 rings (SSSR count). The Kier molecular flexibility index (Phi) is 4.93. The summed E-state index contributed by atoms with van der Waals surface area (Å²) in [6.45, 7) is 4.12. The molecule has 4 heteroatoms. The Bertz CT molecular complexity index is 354. The molecule has 0 aliphatic heterocycles. The van der Waals surface area contributed by atoms with E-state index in [-0.39, 0.29) is 10.5 Å². The SMILES string of the molecule is CC(C)CCSc1c(F)cc(C=O)cc1F. The first kappa shape index (κ1) is 13.2.